The van der Waals surface area contributed by atoms with Crippen LogP contribution in [0.3, 0.4) is 0 Å². The molecule has 1 saturated carbocycles. The molecular formula is C30H33NO5. The molecule has 2 aromatic carbocycles. The van der Waals surface area contributed by atoms with Gasteiger partial charge in [-0.25, -0.2) is 4.79 Å². The number of hydrogen-bond donors (Lipinski definition) is 1. The first-order chi connectivity index (χ1) is 17.5. The van der Waals surface area contributed by atoms with E-state index in [9.17, 15) is 14.7 Å². The van der Waals surface area contributed by atoms with Gasteiger partial charge in [0.15, 0.2) is 6.61 Å². The molecule has 1 N–H and O–H groups in total. The number of nitrogens with zero attached hydrogens (tertiary/aromatic N) is 1. The zero-order valence-electron chi connectivity index (χ0n) is 20.6. The van der Waals surface area contributed by atoms with E-state index in [2.05, 4.69) is 12.1 Å². The second-order valence-corrected chi connectivity index (χ2v) is 10.6. The summed E-state index contributed by atoms with van der Waals surface area (Å²) < 4.78 is 11.6. The standard InChI is InChI=1S/C30H33NO5/c32-27(19-35-21-13-14-23-22-10-4-5-11-24(22)29(33)36-26(23)18-21)31-17-16-30(34)15-7-6-12-25(30)28(31)20-8-2-1-3-9-20/h1-3,8-9,13-14,18,25,28,34H,4-7,10-12,15-17,19H2. The van der Waals surface area contributed by atoms with Gasteiger partial charge in [0.05, 0.1) is 11.6 Å². The lowest BCUT2D eigenvalue weighted by Gasteiger charge is -2.52. The Labute approximate surface area is 210 Å². The third-order valence-corrected chi connectivity index (χ3v) is 8.59. The van der Waals surface area contributed by atoms with Crippen molar-refractivity contribution in [3.8, 4) is 5.75 Å². The van der Waals surface area contributed by atoms with Gasteiger partial charge in [-0.3, -0.25) is 4.79 Å². The van der Waals surface area contributed by atoms with Gasteiger partial charge in [0.2, 0.25) is 0 Å². The van der Waals surface area contributed by atoms with Crippen LogP contribution >= 0.6 is 0 Å². The second kappa shape index (κ2) is 9.40. The molecule has 0 spiro atoms. The minimum absolute atomic E-state index is 0.0208. The van der Waals surface area contributed by atoms with Crippen LogP contribution in [-0.2, 0) is 17.6 Å². The molecule has 1 aliphatic heterocycles. The third kappa shape index (κ3) is 4.11. The molecule has 3 aromatic rings. The van der Waals surface area contributed by atoms with Crippen LogP contribution in [0, 0.1) is 5.92 Å². The molecule has 6 heteroatoms. The molecule has 6 rings (SSSR count). The molecule has 188 valence electrons. The summed E-state index contributed by atoms with van der Waals surface area (Å²) in [7, 11) is 0. The van der Waals surface area contributed by atoms with Crippen molar-refractivity contribution in [2.45, 2.75) is 69.4 Å². The summed E-state index contributed by atoms with van der Waals surface area (Å²) in [5.41, 5.74) is 2.49. The van der Waals surface area contributed by atoms with E-state index in [0.29, 0.717) is 24.3 Å². The van der Waals surface area contributed by atoms with Crippen LogP contribution in [0.1, 0.15) is 67.7 Å². The maximum absolute atomic E-state index is 13.5. The number of aliphatic hydroxyl groups is 1. The first-order valence-electron chi connectivity index (χ1n) is 13.3. The van der Waals surface area contributed by atoms with Gasteiger partial charge in [0.25, 0.3) is 5.91 Å². The highest BCUT2D eigenvalue weighted by Gasteiger charge is 2.50. The molecule has 2 heterocycles. The van der Waals surface area contributed by atoms with Crippen LogP contribution in [0.2, 0.25) is 0 Å². The predicted molar refractivity (Wildman–Crippen MR) is 137 cm³/mol. The number of carbonyl (C=O) groups is 1. The number of amides is 1. The van der Waals surface area contributed by atoms with E-state index in [1.54, 1.807) is 6.07 Å². The second-order valence-electron chi connectivity index (χ2n) is 10.6. The van der Waals surface area contributed by atoms with Gasteiger partial charge in [0.1, 0.15) is 11.3 Å². The van der Waals surface area contributed by atoms with Gasteiger partial charge >= 0.3 is 5.63 Å². The van der Waals surface area contributed by atoms with E-state index < -0.39 is 5.60 Å². The van der Waals surface area contributed by atoms with Crippen molar-refractivity contribution in [3.05, 3.63) is 75.6 Å². The number of fused-ring (bicyclic) bond motifs is 4. The molecular weight excluding hydrogens is 454 g/mol. The van der Waals surface area contributed by atoms with Gasteiger partial charge < -0.3 is 19.2 Å². The van der Waals surface area contributed by atoms with E-state index in [0.717, 1.165) is 73.4 Å². The Balaban J connectivity index is 1.23. The van der Waals surface area contributed by atoms with Crippen LogP contribution in [0.4, 0.5) is 0 Å². The Bertz CT molecular complexity index is 1330. The molecule has 2 fully saturated rings. The number of hydrogen-bond acceptors (Lipinski definition) is 5. The molecule has 1 aromatic heterocycles. The molecule has 36 heavy (non-hydrogen) atoms. The van der Waals surface area contributed by atoms with E-state index in [4.69, 9.17) is 9.15 Å². The quantitative estimate of drug-likeness (QED) is 0.527. The molecule has 0 radical (unpaired) electrons. The van der Waals surface area contributed by atoms with Gasteiger partial charge in [-0.1, -0.05) is 43.2 Å². The maximum atomic E-state index is 13.5. The van der Waals surface area contributed by atoms with Crippen LogP contribution in [-0.4, -0.2) is 34.7 Å². The van der Waals surface area contributed by atoms with Crippen molar-refractivity contribution in [2.75, 3.05) is 13.2 Å². The molecule has 6 nitrogen and oxygen atoms in total. The average Bonchev–Trinajstić information content (AvgIpc) is 2.91. The summed E-state index contributed by atoms with van der Waals surface area (Å²) in [6.07, 6.45) is 8.17. The number of carbonyl (C=O) groups excluding carboxylic acids is 1. The Hall–Kier alpha value is -3.12. The molecule has 3 unspecified atom stereocenters. The van der Waals surface area contributed by atoms with Crippen LogP contribution in [0.5, 0.6) is 5.75 Å². The first kappa shape index (κ1) is 23.3. The number of aryl methyl sites for hydroxylation is 1. The molecule has 3 aliphatic rings. The third-order valence-electron chi connectivity index (χ3n) is 8.59. The van der Waals surface area contributed by atoms with E-state index in [1.807, 2.05) is 35.2 Å². The number of rotatable bonds is 4. The molecule has 1 amide bonds. The fourth-order valence-corrected chi connectivity index (χ4v) is 6.77. The van der Waals surface area contributed by atoms with Crippen molar-refractivity contribution in [1.29, 1.82) is 0 Å². The molecule has 0 bridgehead atoms. The highest BCUT2D eigenvalue weighted by Crippen LogP contribution is 2.49. The molecule has 1 saturated heterocycles. The number of piperidine rings is 1. The normalized spacial score (nSPS) is 25.8. The largest absolute Gasteiger partial charge is 0.484 e. The minimum atomic E-state index is -0.717. The zero-order chi connectivity index (χ0) is 24.7. The smallest absolute Gasteiger partial charge is 0.339 e. The van der Waals surface area contributed by atoms with E-state index >= 15 is 0 Å². The van der Waals surface area contributed by atoms with Gasteiger partial charge in [-0.2, -0.15) is 0 Å². The number of ether oxygens (including phenoxy) is 1. The average molecular weight is 488 g/mol. The van der Waals surface area contributed by atoms with Gasteiger partial charge in [0, 0.05) is 29.5 Å². The van der Waals surface area contributed by atoms with Crippen molar-refractivity contribution in [3.63, 3.8) is 0 Å². The van der Waals surface area contributed by atoms with Gasteiger partial charge in [-0.05, 0) is 68.2 Å². The van der Waals surface area contributed by atoms with Crippen LogP contribution in [0.15, 0.2) is 57.7 Å². The SMILES string of the molecule is O=C(COc1ccc2c3c(c(=O)oc2c1)CCCC3)N1CCC2(O)CCCCC2C1c1ccccc1. The Morgan fingerprint density at radius 2 is 1.83 bits per heavy atom. The summed E-state index contributed by atoms with van der Waals surface area (Å²) >= 11 is 0. The molecule has 2 aliphatic carbocycles. The predicted octanol–water partition coefficient (Wildman–Crippen LogP) is 4.95. The first-order valence-corrected chi connectivity index (χ1v) is 13.3. The number of likely N-dealkylation sites (tertiary alicyclic amines) is 1. The Kier molecular flexibility index (Phi) is 6.08. The minimum Gasteiger partial charge on any atom is -0.484 e. The zero-order valence-corrected chi connectivity index (χ0v) is 20.6. The van der Waals surface area contributed by atoms with Crippen molar-refractivity contribution < 1.29 is 19.1 Å². The fourth-order valence-electron chi connectivity index (χ4n) is 6.77. The van der Waals surface area contributed by atoms with Crippen molar-refractivity contribution in [1.82, 2.24) is 4.90 Å². The van der Waals surface area contributed by atoms with Crippen LogP contribution in [0.25, 0.3) is 11.0 Å². The summed E-state index contributed by atoms with van der Waals surface area (Å²) in [5, 5.41) is 12.4. The van der Waals surface area contributed by atoms with Crippen LogP contribution < -0.4 is 10.4 Å². The topological polar surface area (TPSA) is 80.0 Å². The monoisotopic (exact) mass is 487 g/mol. The summed E-state index contributed by atoms with van der Waals surface area (Å²) in [5.74, 6) is 0.438. The lowest BCUT2D eigenvalue weighted by molar-refractivity contribution is -0.157. The summed E-state index contributed by atoms with van der Waals surface area (Å²) in [6.45, 7) is 0.405. The highest BCUT2D eigenvalue weighted by atomic mass is 16.5. The lowest BCUT2D eigenvalue weighted by atomic mass is 9.66. The maximum Gasteiger partial charge on any atom is 0.339 e. The summed E-state index contributed by atoms with van der Waals surface area (Å²) in [6, 6.07) is 15.4. The highest BCUT2D eigenvalue weighted by molar-refractivity contribution is 5.83. The summed E-state index contributed by atoms with van der Waals surface area (Å²) in [4.78, 5) is 27.9. The molecule has 3 atom stereocenters. The Morgan fingerprint density at radius 1 is 1.03 bits per heavy atom. The fraction of sp³-hybridized carbons (Fsp3) is 0.467. The lowest BCUT2D eigenvalue weighted by Crippen LogP contribution is -2.56. The van der Waals surface area contributed by atoms with E-state index in [1.165, 1.54) is 0 Å². The van der Waals surface area contributed by atoms with Crippen molar-refractivity contribution >= 4 is 16.9 Å². The Morgan fingerprint density at radius 3 is 2.67 bits per heavy atom. The van der Waals surface area contributed by atoms with Crippen molar-refractivity contribution in [2.24, 2.45) is 5.92 Å². The van der Waals surface area contributed by atoms with Gasteiger partial charge in [-0.15, -0.1) is 0 Å². The van der Waals surface area contributed by atoms with E-state index in [-0.39, 0.29) is 30.1 Å². The number of benzene rings is 2.